The Bertz CT molecular complexity index is 423. The van der Waals surface area contributed by atoms with Gasteiger partial charge in [-0.3, -0.25) is 0 Å². The topological polar surface area (TPSA) is 23.8 Å². The molecule has 0 bridgehead atoms. The SMILES string of the molecule is C=CCc1c(S)c(Br)cc(C#N)c1Cl. The first-order valence-corrected chi connectivity index (χ1v) is 5.44. The number of thiol groups is 1. The first-order chi connectivity index (χ1) is 6.61. The van der Waals surface area contributed by atoms with Crippen LogP contribution in [0.1, 0.15) is 11.1 Å². The van der Waals surface area contributed by atoms with Crippen molar-refractivity contribution in [2.24, 2.45) is 0 Å². The van der Waals surface area contributed by atoms with E-state index in [0.717, 1.165) is 14.9 Å². The Morgan fingerprint density at radius 3 is 2.86 bits per heavy atom. The number of nitriles is 1. The summed E-state index contributed by atoms with van der Waals surface area (Å²) in [7, 11) is 0. The molecule has 0 N–H and O–H groups in total. The fourth-order valence-corrected chi connectivity index (χ4v) is 2.15. The lowest BCUT2D eigenvalue weighted by atomic mass is 10.1. The summed E-state index contributed by atoms with van der Waals surface area (Å²) in [4.78, 5) is 0.758. The molecule has 1 aromatic carbocycles. The van der Waals surface area contributed by atoms with E-state index in [0.29, 0.717) is 17.0 Å². The third-order valence-corrected chi connectivity index (χ3v) is 3.63. The van der Waals surface area contributed by atoms with Crippen molar-refractivity contribution in [3.63, 3.8) is 0 Å². The molecule has 4 heteroatoms. The molecular weight excluding hydrogens is 282 g/mol. The molecule has 14 heavy (non-hydrogen) atoms. The molecule has 0 spiro atoms. The monoisotopic (exact) mass is 287 g/mol. The fraction of sp³-hybridized carbons (Fsp3) is 0.100. The first-order valence-electron chi connectivity index (χ1n) is 3.82. The standard InChI is InChI=1S/C10H7BrClNS/c1-2-3-7-9(12)6(5-13)4-8(11)10(7)14/h2,4,14H,1,3H2. The molecule has 0 aliphatic carbocycles. The normalized spacial score (nSPS) is 9.57. The van der Waals surface area contributed by atoms with Gasteiger partial charge in [0.15, 0.2) is 0 Å². The number of hydrogen-bond donors (Lipinski definition) is 1. The second-order valence-electron chi connectivity index (χ2n) is 2.65. The van der Waals surface area contributed by atoms with E-state index in [1.807, 2.05) is 6.07 Å². The van der Waals surface area contributed by atoms with E-state index >= 15 is 0 Å². The Morgan fingerprint density at radius 2 is 2.36 bits per heavy atom. The maximum atomic E-state index is 8.82. The van der Waals surface area contributed by atoms with Gasteiger partial charge in [0.1, 0.15) is 6.07 Å². The van der Waals surface area contributed by atoms with Gasteiger partial charge < -0.3 is 0 Å². The molecule has 1 rings (SSSR count). The van der Waals surface area contributed by atoms with Gasteiger partial charge in [0.2, 0.25) is 0 Å². The van der Waals surface area contributed by atoms with E-state index in [-0.39, 0.29) is 0 Å². The van der Waals surface area contributed by atoms with Crippen LogP contribution in [-0.2, 0) is 6.42 Å². The Labute approximate surface area is 102 Å². The minimum Gasteiger partial charge on any atom is -0.192 e. The molecule has 1 nitrogen and oxygen atoms in total. The summed E-state index contributed by atoms with van der Waals surface area (Å²) in [5, 5.41) is 9.28. The lowest BCUT2D eigenvalue weighted by Gasteiger charge is -2.08. The van der Waals surface area contributed by atoms with Crippen molar-refractivity contribution >= 4 is 40.2 Å². The van der Waals surface area contributed by atoms with Gasteiger partial charge >= 0.3 is 0 Å². The van der Waals surface area contributed by atoms with Crippen molar-refractivity contribution in [3.8, 4) is 6.07 Å². The van der Waals surface area contributed by atoms with Gasteiger partial charge in [-0.05, 0) is 34.0 Å². The number of halogens is 2. The fourth-order valence-electron chi connectivity index (χ4n) is 1.08. The van der Waals surface area contributed by atoms with Crippen LogP contribution >= 0.6 is 40.2 Å². The van der Waals surface area contributed by atoms with Crippen LogP contribution in [0.2, 0.25) is 5.02 Å². The largest absolute Gasteiger partial charge is 0.192 e. The maximum absolute atomic E-state index is 8.82. The molecule has 0 radical (unpaired) electrons. The lowest BCUT2D eigenvalue weighted by molar-refractivity contribution is 1.16. The summed E-state index contributed by atoms with van der Waals surface area (Å²) in [5.74, 6) is 0. The van der Waals surface area contributed by atoms with Crippen LogP contribution in [-0.4, -0.2) is 0 Å². The van der Waals surface area contributed by atoms with E-state index in [2.05, 4.69) is 35.1 Å². The number of benzene rings is 1. The molecule has 0 aromatic heterocycles. The molecule has 0 atom stereocenters. The van der Waals surface area contributed by atoms with Crippen molar-refractivity contribution in [3.05, 3.63) is 39.3 Å². The van der Waals surface area contributed by atoms with Crippen molar-refractivity contribution in [2.45, 2.75) is 11.3 Å². The number of hydrogen-bond acceptors (Lipinski definition) is 2. The number of allylic oxidation sites excluding steroid dienone is 1. The summed E-state index contributed by atoms with van der Waals surface area (Å²) in [6.07, 6.45) is 2.33. The Morgan fingerprint density at radius 1 is 1.71 bits per heavy atom. The molecule has 0 aliphatic rings. The third kappa shape index (κ3) is 2.14. The van der Waals surface area contributed by atoms with Gasteiger partial charge in [-0.15, -0.1) is 19.2 Å². The van der Waals surface area contributed by atoms with Gasteiger partial charge in [-0.2, -0.15) is 5.26 Å². The molecule has 0 heterocycles. The summed E-state index contributed by atoms with van der Waals surface area (Å²) in [5.41, 5.74) is 1.28. The molecule has 0 fully saturated rings. The minimum absolute atomic E-state index is 0.452. The highest BCUT2D eigenvalue weighted by molar-refractivity contribution is 9.10. The number of rotatable bonds is 2. The summed E-state index contributed by atoms with van der Waals surface area (Å²) >= 11 is 13.7. The van der Waals surface area contributed by atoms with Crippen LogP contribution in [0.3, 0.4) is 0 Å². The highest BCUT2D eigenvalue weighted by Crippen LogP contribution is 2.33. The molecule has 0 unspecified atom stereocenters. The first kappa shape index (κ1) is 11.6. The minimum atomic E-state index is 0.452. The quantitative estimate of drug-likeness (QED) is 0.645. The summed E-state index contributed by atoms with van der Waals surface area (Å²) < 4.78 is 0.777. The summed E-state index contributed by atoms with van der Waals surface area (Å²) in [6.45, 7) is 3.63. The zero-order valence-corrected chi connectivity index (χ0v) is 10.5. The second kappa shape index (κ2) is 4.88. The van der Waals surface area contributed by atoms with Crippen LogP contribution in [0.15, 0.2) is 28.1 Å². The van der Waals surface area contributed by atoms with E-state index in [1.54, 1.807) is 12.1 Å². The van der Waals surface area contributed by atoms with Crippen LogP contribution in [0.5, 0.6) is 0 Å². The third-order valence-electron chi connectivity index (χ3n) is 1.75. The van der Waals surface area contributed by atoms with Crippen LogP contribution in [0, 0.1) is 11.3 Å². The van der Waals surface area contributed by atoms with Gasteiger partial charge in [-0.1, -0.05) is 17.7 Å². The predicted molar refractivity (Wildman–Crippen MR) is 65.0 cm³/mol. The molecule has 72 valence electrons. The van der Waals surface area contributed by atoms with E-state index in [4.69, 9.17) is 16.9 Å². The van der Waals surface area contributed by atoms with E-state index in [1.165, 1.54) is 0 Å². The van der Waals surface area contributed by atoms with Gasteiger partial charge in [0, 0.05) is 9.37 Å². The molecule has 0 saturated carbocycles. The van der Waals surface area contributed by atoms with Crippen molar-refractivity contribution < 1.29 is 0 Å². The van der Waals surface area contributed by atoms with Crippen molar-refractivity contribution in [1.82, 2.24) is 0 Å². The number of nitrogens with zero attached hydrogens (tertiary/aromatic N) is 1. The average molecular weight is 289 g/mol. The lowest BCUT2D eigenvalue weighted by Crippen LogP contribution is -1.91. The summed E-state index contributed by atoms with van der Waals surface area (Å²) in [6, 6.07) is 3.70. The average Bonchev–Trinajstić information content (AvgIpc) is 2.18. The van der Waals surface area contributed by atoms with E-state index in [9.17, 15) is 0 Å². The maximum Gasteiger partial charge on any atom is 0.101 e. The van der Waals surface area contributed by atoms with Crippen molar-refractivity contribution in [1.29, 1.82) is 5.26 Å². The van der Waals surface area contributed by atoms with Crippen LogP contribution < -0.4 is 0 Å². The Hall–Kier alpha value is -0.430. The molecular formula is C10H7BrClNS. The van der Waals surface area contributed by atoms with E-state index < -0.39 is 0 Å². The van der Waals surface area contributed by atoms with Gasteiger partial charge in [-0.25, -0.2) is 0 Å². The Balaban J connectivity index is 3.46. The molecule has 0 amide bonds. The highest BCUT2D eigenvalue weighted by Gasteiger charge is 2.11. The molecule has 1 aromatic rings. The van der Waals surface area contributed by atoms with Crippen LogP contribution in [0.25, 0.3) is 0 Å². The molecule has 0 saturated heterocycles. The zero-order valence-electron chi connectivity index (χ0n) is 7.22. The second-order valence-corrected chi connectivity index (χ2v) is 4.33. The van der Waals surface area contributed by atoms with Gasteiger partial charge in [0.25, 0.3) is 0 Å². The Kier molecular flexibility index (Phi) is 4.06. The zero-order chi connectivity index (χ0) is 10.7. The molecule has 0 aliphatic heterocycles. The highest BCUT2D eigenvalue weighted by atomic mass is 79.9. The predicted octanol–water partition coefficient (Wildman–Crippen LogP) is 3.99. The van der Waals surface area contributed by atoms with Crippen molar-refractivity contribution in [2.75, 3.05) is 0 Å². The van der Waals surface area contributed by atoms with Crippen LogP contribution in [0.4, 0.5) is 0 Å². The smallest absolute Gasteiger partial charge is 0.101 e. The van der Waals surface area contributed by atoms with Gasteiger partial charge in [0.05, 0.1) is 10.6 Å².